The molecule has 1 unspecified atom stereocenters. The average molecular weight is 543 g/mol. The first kappa shape index (κ1) is 27.6. The van der Waals surface area contributed by atoms with Crippen molar-refractivity contribution in [1.82, 2.24) is 4.31 Å². The maximum atomic E-state index is 15.0. The molecule has 1 amide bonds. The Kier molecular flexibility index (Phi) is 8.08. The van der Waals surface area contributed by atoms with E-state index in [-0.39, 0.29) is 36.7 Å². The number of primary amides is 1. The third-order valence-corrected chi connectivity index (χ3v) is 8.75. The highest BCUT2D eigenvalue weighted by Crippen LogP contribution is 2.57. The van der Waals surface area contributed by atoms with Crippen LogP contribution in [0.5, 0.6) is 5.75 Å². The quantitative estimate of drug-likeness (QED) is 0.294. The van der Waals surface area contributed by atoms with Crippen LogP contribution >= 0.6 is 10.8 Å². The van der Waals surface area contributed by atoms with Crippen LogP contribution in [-0.2, 0) is 11.3 Å². The standard InChI is InChI=1S/C28H31FN2O6S/c1-3-21-16-31(38(35,36)26-7-5-4-6-25(26)37-21)15-20-12-18(9-8-17(20)2)23(14-27(32)33)22-11-10-19(28(30)34)13-24(22)29/h4-13,21,23,35-36H,3,14-16H2,1-2H3,(H2,30,34)(H,32,33)/t21-,23?/m1/s1. The Morgan fingerprint density at radius 3 is 2.55 bits per heavy atom. The van der Waals surface area contributed by atoms with E-state index in [1.165, 1.54) is 12.1 Å². The molecule has 1 aliphatic rings. The number of carboxylic acid groups (broad SMARTS) is 1. The second-order valence-electron chi connectivity index (χ2n) is 9.37. The summed E-state index contributed by atoms with van der Waals surface area (Å²) in [6.45, 7) is 4.25. The number of carbonyl (C=O) groups is 2. The molecule has 0 fully saturated rings. The van der Waals surface area contributed by atoms with Crippen molar-refractivity contribution < 1.29 is 32.9 Å². The number of fused-ring (bicyclic) bond motifs is 1. The topological polar surface area (TPSA) is 133 Å². The van der Waals surface area contributed by atoms with Crippen molar-refractivity contribution in [3.8, 4) is 5.75 Å². The van der Waals surface area contributed by atoms with Gasteiger partial charge in [-0.3, -0.25) is 18.7 Å². The van der Waals surface area contributed by atoms with Gasteiger partial charge < -0.3 is 15.6 Å². The first-order valence-electron chi connectivity index (χ1n) is 12.2. The predicted molar refractivity (Wildman–Crippen MR) is 143 cm³/mol. The van der Waals surface area contributed by atoms with Crippen molar-refractivity contribution in [3.05, 3.63) is 94.3 Å². The van der Waals surface area contributed by atoms with Crippen molar-refractivity contribution in [2.45, 2.75) is 50.2 Å². The SMILES string of the molecule is CC[C@@H]1CN(Cc2cc(C(CC(=O)O)c3ccc(C(N)=O)cc3F)ccc2C)S(O)(O)c2ccccc2O1. The third-order valence-electron chi connectivity index (χ3n) is 6.82. The number of rotatable bonds is 8. The summed E-state index contributed by atoms with van der Waals surface area (Å²) in [5, 5.41) is 9.59. The van der Waals surface area contributed by atoms with Gasteiger partial charge in [0.1, 0.15) is 22.6 Å². The van der Waals surface area contributed by atoms with E-state index in [0.717, 1.165) is 17.2 Å². The fraction of sp³-hybridized carbons (Fsp3) is 0.286. The summed E-state index contributed by atoms with van der Waals surface area (Å²) in [4.78, 5) is 23.5. The van der Waals surface area contributed by atoms with Crippen molar-refractivity contribution in [1.29, 1.82) is 0 Å². The van der Waals surface area contributed by atoms with E-state index < -0.39 is 34.4 Å². The lowest BCUT2D eigenvalue weighted by molar-refractivity contribution is -0.137. The number of hydrogen-bond acceptors (Lipinski definition) is 6. The van der Waals surface area contributed by atoms with Gasteiger partial charge in [-0.1, -0.05) is 43.3 Å². The Morgan fingerprint density at radius 1 is 1.16 bits per heavy atom. The maximum absolute atomic E-state index is 15.0. The molecule has 202 valence electrons. The molecule has 0 aromatic heterocycles. The number of nitrogens with zero attached hydrogens (tertiary/aromatic N) is 1. The van der Waals surface area contributed by atoms with Crippen LogP contribution in [0.4, 0.5) is 4.39 Å². The van der Waals surface area contributed by atoms with Crippen LogP contribution in [0, 0.1) is 12.7 Å². The summed E-state index contributed by atoms with van der Waals surface area (Å²) >= 11 is 0. The zero-order chi connectivity index (χ0) is 27.6. The van der Waals surface area contributed by atoms with Crippen molar-refractivity contribution in [3.63, 3.8) is 0 Å². The molecular formula is C28H31FN2O6S. The molecule has 1 heterocycles. The number of para-hydroxylation sites is 1. The number of ether oxygens (including phenoxy) is 1. The van der Waals surface area contributed by atoms with Gasteiger partial charge in [0, 0.05) is 18.0 Å². The lowest BCUT2D eigenvalue weighted by Gasteiger charge is -2.42. The zero-order valence-corrected chi connectivity index (χ0v) is 22.0. The average Bonchev–Trinajstić information content (AvgIpc) is 2.97. The number of amides is 1. The minimum Gasteiger partial charge on any atom is -0.487 e. The number of aryl methyl sites for hydroxylation is 1. The Labute approximate surface area is 222 Å². The molecule has 5 N–H and O–H groups in total. The summed E-state index contributed by atoms with van der Waals surface area (Å²) in [5.41, 5.74) is 7.51. The molecule has 3 aromatic carbocycles. The maximum Gasteiger partial charge on any atom is 0.304 e. The molecule has 3 aromatic rings. The lowest BCUT2D eigenvalue weighted by atomic mass is 9.86. The van der Waals surface area contributed by atoms with Gasteiger partial charge in [0.25, 0.3) is 0 Å². The van der Waals surface area contributed by atoms with Gasteiger partial charge in [0.15, 0.2) is 0 Å². The zero-order valence-electron chi connectivity index (χ0n) is 21.1. The highest BCUT2D eigenvalue weighted by molar-refractivity contribution is 8.22. The summed E-state index contributed by atoms with van der Waals surface area (Å²) in [6.07, 6.45) is -0.000452. The Morgan fingerprint density at radius 2 is 1.89 bits per heavy atom. The van der Waals surface area contributed by atoms with Crippen molar-refractivity contribution in [2.75, 3.05) is 6.54 Å². The van der Waals surface area contributed by atoms with Crippen LogP contribution < -0.4 is 10.5 Å². The van der Waals surface area contributed by atoms with E-state index in [9.17, 15) is 23.8 Å². The molecule has 0 saturated heterocycles. The number of nitrogens with two attached hydrogens (primary N) is 1. The smallest absolute Gasteiger partial charge is 0.304 e. The normalized spacial score (nSPS) is 18.5. The molecule has 1 aliphatic heterocycles. The minimum atomic E-state index is -3.39. The van der Waals surface area contributed by atoms with Crippen LogP contribution in [0.1, 0.15) is 58.3 Å². The predicted octanol–water partition coefficient (Wildman–Crippen LogP) is 5.54. The van der Waals surface area contributed by atoms with Crippen LogP contribution in [0.2, 0.25) is 0 Å². The van der Waals surface area contributed by atoms with Gasteiger partial charge in [-0.15, -0.1) is 10.8 Å². The van der Waals surface area contributed by atoms with E-state index in [4.69, 9.17) is 10.5 Å². The van der Waals surface area contributed by atoms with Gasteiger partial charge >= 0.3 is 5.97 Å². The van der Waals surface area contributed by atoms with Gasteiger partial charge in [0.05, 0.1) is 13.0 Å². The monoisotopic (exact) mass is 542 g/mol. The second-order valence-corrected chi connectivity index (χ2v) is 11.4. The van der Waals surface area contributed by atoms with E-state index in [0.29, 0.717) is 22.6 Å². The molecule has 10 heteroatoms. The number of halogens is 1. The molecular weight excluding hydrogens is 511 g/mol. The highest BCUT2D eigenvalue weighted by atomic mass is 32.3. The molecule has 0 aliphatic carbocycles. The molecule has 4 rings (SSSR count). The lowest BCUT2D eigenvalue weighted by Crippen LogP contribution is -2.34. The van der Waals surface area contributed by atoms with Gasteiger partial charge in [-0.05, 0) is 59.9 Å². The second kappa shape index (κ2) is 11.1. The number of benzene rings is 3. The Balaban J connectivity index is 1.73. The van der Waals surface area contributed by atoms with Crippen LogP contribution in [0.15, 0.2) is 65.6 Å². The summed E-state index contributed by atoms with van der Waals surface area (Å²) < 4.78 is 45.4. The summed E-state index contributed by atoms with van der Waals surface area (Å²) in [6, 6.07) is 15.9. The third kappa shape index (κ3) is 5.68. The molecule has 0 bridgehead atoms. The van der Waals surface area contributed by atoms with Gasteiger partial charge in [-0.25, -0.2) is 4.39 Å². The number of carbonyl (C=O) groups excluding carboxylic acids is 1. The van der Waals surface area contributed by atoms with Crippen LogP contribution in [0.3, 0.4) is 0 Å². The fourth-order valence-corrected chi connectivity index (χ4v) is 6.26. The highest BCUT2D eigenvalue weighted by Gasteiger charge is 2.35. The molecule has 38 heavy (non-hydrogen) atoms. The largest absolute Gasteiger partial charge is 0.487 e. The van der Waals surface area contributed by atoms with E-state index in [2.05, 4.69) is 0 Å². The molecule has 0 saturated carbocycles. The van der Waals surface area contributed by atoms with Crippen LogP contribution in [0.25, 0.3) is 0 Å². The summed E-state index contributed by atoms with van der Waals surface area (Å²) in [7, 11) is -3.39. The van der Waals surface area contributed by atoms with Crippen molar-refractivity contribution >= 4 is 22.7 Å². The number of hydrogen-bond donors (Lipinski definition) is 4. The Hall–Kier alpha value is -3.44. The van der Waals surface area contributed by atoms with E-state index in [1.54, 1.807) is 46.8 Å². The molecule has 2 atom stereocenters. The number of aliphatic carboxylic acids is 1. The van der Waals surface area contributed by atoms with E-state index >= 15 is 4.39 Å². The molecule has 0 spiro atoms. The van der Waals surface area contributed by atoms with Crippen LogP contribution in [-0.4, -0.2) is 43.0 Å². The molecule has 0 radical (unpaired) electrons. The van der Waals surface area contributed by atoms with E-state index in [1.807, 2.05) is 13.8 Å². The Bertz CT molecular complexity index is 1360. The number of carboxylic acids is 1. The van der Waals surface area contributed by atoms with Crippen molar-refractivity contribution in [2.24, 2.45) is 5.73 Å². The minimum absolute atomic E-state index is 0.00994. The molecule has 8 nitrogen and oxygen atoms in total. The first-order chi connectivity index (χ1) is 18.0. The summed E-state index contributed by atoms with van der Waals surface area (Å²) in [5.74, 6) is -3.03. The fourth-order valence-electron chi connectivity index (χ4n) is 4.64. The van der Waals surface area contributed by atoms with Gasteiger partial charge in [0.2, 0.25) is 5.91 Å². The van der Waals surface area contributed by atoms with Gasteiger partial charge in [-0.2, -0.15) is 4.31 Å². The first-order valence-corrected chi connectivity index (χ1v) is 13.7.